The van der Waals surface area contributed by atoms with E-state index < -0.39 is 0 Å². The molecule has 0 radical (unpaired) electrons. The Morgan fingerprint density at radius 1 is 1.04 bits per heavy atom. The predicted octanol–water partition coefficient (Wildman–Crippen LogP) is 3.42. The van der Waals surface area contributed by atoms with E-state index >= 15 is 0 Å². The number of rotatable bonds is 3. The molecule has 0 spiro atoms. The summed E-state index contributed by atoms with van der Waals surface area (Å²) >= 11 is 0. The molecule has 1 aliphatic rings. The van der Waals surface area contributed by atoms with Gasteiger partial charge in [-0.15, -0.1) is 0 Å². The lowest BCUT2D eigenvalue weighted by Crippen LogP contribution is -2.15. The number of benzene rings is 2. The van der Waals surface area contributed by atoms with Crippen molar-refractivity contribution in [3.8, 4) is 11.5 Å². The van der Waals surface area contributed by atoms with Gasteiger partial charge in [0.1, 0.15) is 0 Å². The molecule has 0 fully saturated rings. The fraction of sp³-hybridized carbons (Fsp3) is 0.105. The highest BCUT2D eigenvalue weighted by Gasteiger charge is 2.21. The minimum absolute atomic E-state index is 0.0963. The third kappa shape index (κ3) is 2.67. The van der Waals surface area contributed by atoms with Crippen LogP contribution in [-0.2, 0) is 0 Å². The highest BCUT2D eigenvalue weighted by atomic mass is 16.7. The Morgan fingerprint density at radius 2 is 1.80 bits per heavy atom. The first kappa shape index (κ1) is 15.1. The number of carbonyl (C=O) groups excluding carboxylic acids is 2. The van der Waals surface area contributed by atoms with Gasteiger partial charge in [0.05, 0.1) is 16.8 Å². The van der Waals surface area contributed by atoms with Crippen LogP contribution >= 0.6 is 0 Å². The zero-order chi connectivity index (χ0) is 17.4. The minimum atomic E-state index is -0.319. The molecule has 4 rings (SSSR count). The van der Waals surface area contributed by atoms with Gasteiger partial charge in [0.2, 0.25) is 6.79 Å². The molecule has 1 amide bonds. The molecule has 0 saturated carbocycles. The Morgan fingerprint density at radius 3 is 2.60 bits per heavy atom. The van der Waals surface area contributed by atoms with Crippen molar-refractivity contribution >= 4 is 28.3 Å². The monoisotopic (exact) mass is 334 g/mol. The number of ketones is 1. The van der Waals surface area contributed by atoms with Crippen LogP contribution in [0.2, 0.25) is 0 Å². The third-order valence-electron chi connectivity index (χ3n) is 4.03. The number of pyridine rings is 1. The third-order valence-corrected chi connectivity index (χ3v) is 4.03. The van der Waals surface area contributed by atoms with Gasteiger partial charge in [0.25, 0.3) is 5.91 Å². The first-order valence-corrected chi connectivity index (χ1v) is 7.73. The van der Waals surface area contributed by atoms with Crippen molar-refractivity contribution in [3.05, 3.63) is 59.8 Å². The molecule has 1 aromatic heterocycles. The number of hydrogen-bond acceptors (Lipinski definition) is 5. The topological polar surface area (TPSA) is 77.5 Å². The van der Waals surface area contributed by atoms with Crippen molar-refractivity contribution in [1.82, 2.24) is 4.98 Å². The van der Waals surface area contributed by atoms with Crippen molar-refractivity contribution in [2.75, 3.05) is 12.1 Å². The summed E-state index contributed by atoms with van der Waals surface area (Å²) in [6.45, 7) is 1.54. The number of aromatic nitrogens is 1. The Hall–Kier alpha value is -3.41. The van der Waals surface area contributed by atoms with E-state index in [-0.39, 0.29) is 18.5 Å². The fourth-order valence-corrected chi connectivity index (χ4v) is 2.82. The van der Waals surface area contributed by atoms with Crippen LogP contribution in [0.25, 0.3) is 10.9 Å². The minimum Gasteiger partial charge on any atom is -0.454 e. The number of Topliss-reactive ketones (excluding diaryl/α,β-unsaturated/α-hetero) is 1. The number of nitrogens with zero attached hydrogens (tertiary/aromatic N) is 1. The molecule has 3 aromatic rings. The smallest absolute Gasteiger partial charge is 0.256 e. The quantitative estimate of drug-likeness (QED) is 0.743. The van der Waals surface area contributed by atoms with E-state index in [2.05, 4.69) is 10.3 Å². The number of anilines is 1. The van der Waals surface area contributed by atoms with Crippen LogP contribution in [0.15, 0.2) is 48.7 Å². The summed E-state index contributed by atoms with van der Waals surface area (Å²) in [4.78, 5) is 29.0. The molecule has 6 heteroatoms. The second-order valence-corrected chi connectivity index (χ2v) is 5.64. The standard InChI is InChI=1S/C19H14N2O4/c1-11(22)14-8-17-18(25-10-24-17)9-16(14)21-19(23)13-6-7-20-15-5-3-2-4-12(13)15/h2-9H,10H2,1H3,(H,21,23). The molecule has 6 nitrogen and oxygen atoms in total. The molecular formula is C19H14N2O4. The molecule has 0 unspecified atom stereocenters. The van der Waals surface area contributed by atoms with Crippen molar-refractivity contribution < 1.29 is 19.1 Å². The molecule has 2 heterocycles. The van der Waals surface area contributed by atoms with Gasteiger partial charge < -0.3 is 14.8 Å². The molecule has 0 atom stereocenters. The van der Waals surface area contributed by atoms with Crippen LogP contribution in [0.1, 0.15) is 27.6 Å². The molecule has 2 aromatic carbocycles. The number of ether oxygens (including phenoxy) is 2. The molecule has 1 N–H and O–H groups in total. The number of fused-ring (bicyclic) bond motifs is 2. The average Bonchev–Trinajstić information content (AvgIpc) is 3.07. The summed E-state index contributed by atoms with van der Waals surface area (Å²) < 4.78 is 10.6. The number of para-hydroxylation sites is 1. The van der Waals surface area contributed by atoms with Crippen molar-refractivity contribution in [2.24, 2.45) is 0 Å². The molecule has 124 valence electrons. The first-order chi connectivity index (χ1) is 12.1. The van der Waals surface area contributed by atoms with Gasteiger partial charge >= 0.3 is 0 Å². The Bertz CT molecular complexity index is 1010. The van der Waals surface area contributed by atoms with Gasteiger partial charge in [-0.05, 0) is 25.1 Å². The number of hydrogen-bond donors (Lipinski definition) is 1. The fourth-order valence-electron chi connectivity index (χ4n) is 2.82. The maximum Gasteiger partial charge on any atom is 0.256 e. The highest BCUT2D eigenvalue weighted by Crippen LogP contribution is 2.37. The summed E-state index contributed by atoms with van der Waals surface area (Å²) in [5.74, 6) is 0.505. The number of amides is 1. The highest BCUT2D eigenvalue weighted by molar-refractivity contribution is 6.14. The summed E-state index contributed by atoms with van der Waals surface area (Å²) in [7, 11) is 0. The largest absolute Gasteiger partial charge is 0.454 e. The van der Waals surface area contributed by atoms with E-state index in [1.54, 1.807) is 24.4 Å². The number of carbonyl (C=O) groups is 2. The van der Waals surface area contributed by atoms with Gasteiger partial charge in [-0.2, -0.15) is 0 Å². The van der Waals surface area contributed by atoms with Gasteiger partial charge in [-0.3, -0.25) is 14.6 Å². The Balaban J connectivity index is 1.75. The summed E-state index contributed by atoms with van der Waals surface area (Å²) in [6, 6.07) is 12.2. The SMILES string of the molecule is CC(=O)c1cc2c(cc1NC(=O)c1ccnc3ccccc13)OCO2. The van der Waals surface area contributed by atoms with Gasteiger partial charge in [-0.1, -0.05) is 18.2 Å². The lowest BCUT2D eigenvalue weighted by molar-refractivity contribution is 0.101. The van der Waals surface area contributed by atoms with E-state index in [4.69, 9.17) is 9.47 Å². The van der Waals surface area contributed by atoms with Crippen LogP contribution in [0.4, 0.5) is 5.69 Å². The van der Waals surface area contributed by atoms with Crippen LogP contribution < -0.4 is 14.8 Å². The Kier molecular flexibility index (Phi) is 3.57. The number of nitrogens with one attached hydrogen (secondary N) is 1. The van der Waals surface area contributed by atoms with E-state index in [0.717, 1.165) is 10.9 Å². The van der Waals surface area contributed by atoms with Crippen LogP contribution in [0.3, 0.4) is 0 Å². The zero-order valence-electron chi connectivity index (χ0n) is 13.4. The molecule has 25 heavy (non-hydrogen) atoms. The molecule has 0 aliphatic carbocycles. The predicted molar refractivity (Wildman–Crippen MR) is 92.3 cm³/mol. The molecular weight excluding hydrogens is 320 g/mol. The van der Waals surface area contributed by atoms with E-state index in [0.29, 0.717) is 28.3 Å². The molecule has 1 aliphatic heterocycles. The summed E-state index contributed by atoms with van der Waals surface area (Å²) in [5, 5.41) is 3.55. The van der Waals surface area contributed by atoms with Crippen molar-refractivity contribution in [1.29, 1.82) is 0 Å². The van der Waals surface area contributed by atoms with E-state index in [1.807, 2.05) is 24.3 Å². The van der Waals surface area contributed by atoms with Gasteiger partial charge in [-0.25, -0.2) is 0 Å². The van der Waals surface area contributed by atoms with Crippen LogP contribution in [0, 0.1) is 0 Å². The van der Waals surface area contributed by atoms with Crippen LogP contribution in [0.5, 0.6) is 11.5 Å². The van der Waals surface area contributed by atoms with Crippen molar-refractivity contribution in [2.45, 2.75) is 6.92 Å². The summed E-state index contributed by atoms with van der Waals surface area (Å²) in [5.41, 5.74) is 1.98. The van der Waals surface area contributed by atoms with E-state index in [1.165, 1.54) is 6.92 Å². The molecule has 0 bridgehead atoms. The summed E-state index contributed by atoms with van der Waals surface area (Å²) in [6.07, 6.45) is 1.59. The maximum atomic E-state index is 12.8. The van der Waals surface area contributed by atoms with Crippen LogP contribution in [-0.4, -0.2) is 23.5 Å². The second kappa shape index (κ2) is 5.90. The van der Waals surface area contributed by atoms with Gasteiger partial charge in [0.15, 0.2) is 17.3 Å². The van der Waals surface area contributed by atoms with Crippen molar-refractivity contribution in [3.63, 3.8) is 0 Å². The lowest BCUT2D eigenvalue weighted by Gasteiger charge is -2.11. The average molecular weight is 334 g/mol. The zero-order valence-corrected chi connectivity index (χ0v) is 13.4. The second-order valence-electron chi connectivity index (χ2n) is 5.64. The first-order valence-electron chi connectivity index (χ1n) is 7.73. The van der Waals surface area contributed by atoms with E-state index in [9.17, 15) is 9.59 Å². The van der Waals surface area contributed by atoms with Gasteiger partial charge in [0, 0.05) is 23.2 Å². The normalized spacial score (nSPS) is 12.2. The molecule has 0 saturated heterocycles. The maximum absolute atomic E-state index is 12.8. The Labute approximate surface area is 143 Å². The lowest BCUT2D eigenvalue weighted by atomic mass is 10.1.